The molecule has 5 nitrogen and oxygen atoms in total. The third kappa shape index (κ3) is 3.05. The summed E-state index contributed by atoms with van der Waals surface area (Å²) in [6.07, 6.45) is 0. The molecule has 1 aromatic heterocycles. The predicted molar refractivity (Wildman–Crippen MR) is 102 cm³/mol. The van der Waals surface area contributed by atoms with Gasteiger partial charge in [-0.25, -0.2) is 4.98 Å². The Balaban J connectivity index is 2.30. The van der Waals surface area contributed by atoms with Gasteiger partial charge in [-0.15, -0.1) is 0 Å². The monoisotopic (exact) mass is 345 g/mol. The van der Waals surface area contributed by atoms with Crippen molar-refractivity contribution in [2.75, 3.05) is 20.0 Å². The van der Waals surface area contributed by atoms with E-state index in [-0.39, 0.29) is 5.82 Å². The lowest BCUT2D eigenvalue weighted by atomic mass is 9.95. The maximum absolute atomic E-state index is 9.58. The molecular formula is C21H19N3O2. The first-order chi connectivity index (χ1) is 12.6. The smallest absolute Gasteiger partial charge is 0.142 e. The first-order valence-corrected chi connectivity index (χ1v) is 8.08. The summed E-state index contributed by atoms with van der Waals surface area (Å²) in [5.41, 5.74) is 10.6. The van der Waals surface area contributed by atoms with Gasteiger partial charge in [0.05, 0.1) is 19.9 Å². The third-order valence-electron chi connectivity index (χ3n) is 4.28. The SMILES string of the molecule is COc1ccc(OC)c(-c2cc(-c3ccccc3C)c(C#N)c(N)n2)c1. The van der Waals surface area contributed by atoms with Crippen molar-refractivity contribution in [2.24, 2.45) is 0 Å². The molecule has 0 unspecified atom stereocenters. The van der Waals surface area contributed by atoms with Crippen LogP contribution in [0.4, 0.5) is 5.82 Å². The molecule has 130 valence electrons. The van der Waals surface area contributed by atoms with E-state index < -0.39 is 0 Å². The minimum Gasteiger partial charge on any atom is -0.497 e. The van der Waals surface area contributed by atoms with Gasteiger partial charge < -0.3 is 15.2 Å². The van der Waals surface area contributed by atoms with E-state index in [1.54, 1.807) is 14.2 Å². The van der Waals surface area contributed by atoms with E-state index in [4.69, 9.17) is 15.2 Å². The summed E-state index contributed by atoms with van der Waals surface area (Å²) in [6.45, 7) is 2.00. The Hall–Kier alpha value is -3.52. The van der Waals surface area contributed by atoms with Crippen LogP contribution in [0.25, 0.3) is 22.4 Å². The van der Waals surface area contributed by atoms with Gasteiger partial charge in [-0.1, -0.05) is 24.3 Å². The van der Waals surface area contributed by atoms with Crippen LogP contribution in [0.2, 0.25) is 0 Å². The van der Waals surface area contributed by atoms with Gasteiger partial charge in [0.1, 0.15) is 28.9 Å². The number of ether oxygens (including phenoxy) is 2. The van der Waals surface area contributed by atoms with Gasteiger partial charge in [-0.05, 0) is 42.3 Å². The van der Waals surface area contributed by atoms with Gasteiger partial charge in [0.2, 0.25) is 0 Å². The highest BCUT2D eigenvalue weighted by atomic mass is 16.5. The summed E-state index contributed by atoms with van der Waals surface area (Å²) >= 11 is 0. The number of hydrogen-bond donors (Lipinski definition) is 1. The van der Waals surface area contributed by atoms with Gasteiger partial charge in [-0.2, -0.15) is 5.26 Å². The van der Waals surface area contributed by atoms with Crippen LogP contribution >= 0.6 is 0 Å². The number of rotatable bonds is 4. The van der Waals surface area contributed by atoms with E-state index in [1.807, 2.05) is 55.5 Å². The molecule has 0 atom stereocenters. The highest BCUT2D eigenvalue weighted by Gasteiger charge is 2.17. The lowest BCUT2D eigenvalue weighted by Gasteiger charge is -2.14. The summed E-state index contributed by atoms with van der Waals surface area (Å²) in [5, 5.41) is 9.58. The number of aryl methyl sites for hydroxylation is 1. The van der Waals surface area contributed by atoms with Crippen LogP contribution in [0, 0.1) is 18.3 Å². The van der Waals surface area contributed by atoms with Crippen molar-refractivity contribution < 1.29 is 9.47 Å². The Kier molecular flexibility index (Phi) is 4.76. The molecule has 0 aliphatic rings. The van der Waals surface area contributed by atoms with Crippen molar-refractivity contribution in [3.05, 3.63) is 59.7 Å². The number of aromatic nitrogens is 1. The first-order valence-electron chi connectivity index (χ1n) is 8.08. The molecule has 5 heteroatoms. The molecule has 0 saturated heterocycles. The Morgan fingerprint density at radius 3 is 2.38 bits per heavy atom. The van der Waals surface area contributed by atoms with E-state index in [0.29, 0.717) is 22.8 Å². The van der Waals surface area contributed by atoms with Crippen molar-refractivity contribution in [2.45, 2.75) is 6.92 Å². The highest BCUT2D eigenvalue weighted by Crippen LogP contribution is 2.37. The van der Waals surface area contributed by atoms with Gasteiger partial charge in [0.15, 0.2) is 0 Å². The molecule has 2 aromatic carbocycles. The highest BCUT2D eigenvalue weighted by molar-refractivity contribution is 5.83. The fourth-order valence-corrected chi connectivity index (χ4v) is 2.92. The number of hydrogen-bond acceptors (Lipinski definition) is 5. The molecule has 3 aromatic rings. The van der Waals surface area contributed by atoms with Crippen molar-refractivity contribution in [3.63, 3.8) is 0 Å². The van der Waals surface area contributed by atoms with Crippen molar-refractivity contribution in [1.82, 2.24) is 4.98 Å². The van der Waals surface area contributed by atoms with Crippen LogP contribution in [0.3, 0.4) is 0 Å². The van der Waals surface area contributed by atoms with Crippen LogP contribution in [-0.4, -0.2) is 19.2 Å². The topological polar surface area (TPSA) is 81.2 Å². The number of nitrogens with two attached hydrogens (primary N) is 1. The normalized spacial score (nSPS) is 10.2. The molecule has 0 aliphatic heterocycles. The second-order valence-electron chi connectivity index (χ2n) is 5.81. The molecule has 0 spiro atoms. The molecule has 2 N–H and O–H groups in total. The lowest BCUT2D eigenvalue weighted by molar-refractivity contribution is 0.404. The van der Waals surface area contributed by atoms with E-state index >= 15 is 0 Å². The maximum Gasteiger partial charge on any atom is 0.142 e. The zero-order chi connectivity index (χ0) is 18.7. The lowest BCUT2D eigenvalue weighted by Crippen LogP contribution is -2.01. The summed E-state index contributed by atoms with van der Waals surface area (Å²) in [4.78, 5) is 4.43. The quantitative estimate of drug-likeness (QED) is 0.766. The average Bonchev–Trinajstić information content (AvgIpc) is 2.67. The van der Waals surface area contributed by atoms with Crippen LogP contribution in [-0.2, 0) is 0 Å². The summed E-state index contributed by atoms with van der Waals surface area (Å²) in [5.74, 6) is 1.52. The molecule has 0 radical (unpaired) electrons. The van der Waals surface area contributed by atoms with Crippen LogP contribution < -0.4 is 15.2 Å². The Morgan fingerprint density at radius 1 is 0.962 bits per heavy atom. The number of nitriles is 1. The molecule has 26 heavy (non-hydrogen) atoms. The van der Waals surface area contributed by atoms with E-state index in [2.05, 4.69) is 11.1 Å². The maximum atomic E-state index is 9.58. The Labute approximate surface area is 152 Å². The van der Waals surface area contributed by atoms with Gasteiger partial charge >= 0.3 is 0 Å². The van der Waals surface area contributed by atoms with Crippen LogP contribution in [0.1, 0.15) is 11.1 Å². The Bertz CT molecular complexity index is 1010. The zero-order valence-electron chi connectivity index (χ0n) is 14.9. The number of methoxy groups -OCH3 is 2. The fourth-order valence-electron chi connectivity index (χ4n) is 2.92. The van der Waals surface area contributed by atoms with E-state index in [1.165, 1.54) is 0 Å². The van der Waals surface area contributed by atoms with Crippen LogP contribution in [0.15, 0.2) is 48.5 Å². The van der Waals surface area contributed by atoms with Gasteiger partial charge in [-0.3, -0.25) is 0 Å². The van der Waals surface area contributed by atoms with Crippen molar-refractivity contribution in [3.8, 4) is 40.0 Å². The number of pyridine rings is 1. The number of nitrogen functional groups attached to an aromatic ring is 1. The van der Waals surface area contributed by atoms with Crippen molar-refractivity contribution >= 4 is 5.82 Å². The number of anilines is 1. The van der Waals surface area contributed by atoms with E-state index in [0.717, 1.165) is 22.3 Å². The third-order valence-corrected chi connectivity index (χ3v) is 4.28. The average molecular weight is 345 g/mol. The van der Waals surface area contributed by atoms with E-state index in [9.17, 15) is 5.26 Å². The predicted octanol–water partition coefficient (Wildman–Crippen LogP) is 4.20. The van der Waals surface area contributed by atoms with Crippen LogP contribution in [0.5, 0.6) is 11.5 Å². The Morgan fingerprint density at radius 2 is 1.73 bits per heavy atom. The second kappa shape index (κ2) is 7.16. The minimum absolute atomic E-state index is 0.188. The minimum atomic E-state index is 0.188. The molecular weight excluding hydrogens is 326 g/mol. The first kappa shape index (κ1) is 17.3. The van der Waals surface area contributed by atoms with Crippen molar-refractivity contribution in [1.29, 1.82) is 5.26 Å². The molecule has 0 aliphatic carbocycles. The fraction of sp³-hybridized carbons (Fsp3) is 0.143. The largest absolute Gasteiger partial charge is 0.497 e. The summed E-state index contributed by atoms with van der Waals surface area (Å²) in [7, 11) is 3.20. The van der Waals surface area contributed by atoms with Gasteiger partial charge in [0, 0.05) is 11.1 Å². The molecule has 0 amide bonds. The number of nitrogens with zero attached hydrogens (tertiary/aromatic N) is 2. The van der Waals surface area contributed by atoms with Gasteiger partial charge in [0.25, 0.3) is 0 Å². The standard InChI is InChI=1S/C21H19N3O2/c1-13-6-4-5-7-15(13)16-11-19(24-21(23)18(16)12-22)17-10-14(25-2)8-9-20(17)26-3/h4-11H,1-3H3,(H2,23,24). The molecule has 0 saturated carbocycles. The summed E-state index contributed by atoms with van der Waals surface area (Å²) in [6, 6.07) is 17.4. The molecule has 0 bridgehead atoms. The molecule has 3 rings (SSSR count). The number of benzene rings is 2. The molecule has 1 heterocycles. The second-order valence-corrected chi connectivity index (χ2v) is 5.81. The summed E-state index contributed by atoms with van der Waals surface area (Å²) < 4.78 is 10.8. The zero-order valence-corrected chi connectivity index (χ0v) is 14.9. The molecule has 0 fully saturated rings.